The van der Waals surface area contributed by atoms with Crippen LogP contribution in [0.25, 0.3) is 0 Å². The number of hydrogen-bond acceptors (Lipinski definition) is 35. The lowest BCUT2D eigenvalue weighted by Gasteiger charge is -2.44. The molecule has 0 saturated carbocycles. The lowest BCUT2D eigenvalue weighted by atomic mass is 9.82. The third-order valence-corrected chi connectivity index (χ3v) is 15.5. The lowest BCUT2D eigenvalue weighted by Crippen LogP contribution is -2.63. The summed E-state index contributed by atoms with van der Waals surface area (Å²) in [5.74, 6) is -13.2. The summed E-state index contributed by atoms with van der Waals surface area (Å²) in [5.41, 5.74) is 5.52. The maximum absolute atomic E-state index is 14.5. The third-order valence-electron chi connectivity index (χ3n) is 15.5. The Morgan fingerprint density at radius 3 is 0.877 bits per heavy atom. The van der Waals surface area contributed by atoms with Crippen molar-refractivity contribution in [3.8, 4) is 0 Å². The summed E-state index contributed by atoms with van der Waals surface area (Å²) in [4.78, 5) is 204. The van der Waals surface area contributed by atoms with Crippen molar-refractivity contribution in [2.24, 2.45) is 5.73 Å². The van der Waals surface area contributed by atoms with Crippen LogP contribution in [0.15, 0.2) is 30.3 Å². The highest BCUT2D eigenvalue weighted by Crippen LogP contribution is 2.34. The Morgan fingerprint density at radius 1 is 0.368 bits per heavy atom. The number of benzene rings is 1. The summed E-state index contributed by atoms with van der Waals surface area (Å²) in [5, 5.41) is 10.9. The highest BCUT2D eigenvalue weighted by molar-refractivity contribution is 5.84. The van der Waals surface area contributed by atoms with Gasteiger partial charge in [-0.2, -0.15) is 0 Å². The summed E-state index contributed by atoms with van der Waals surface area (Å²) in [6.45, 7) is 8.63. The van der Waals surface area contributed by atoms with E-state index in [-0.39, 0.29) is 45.3 Å². The zero-order valence-electron chi connectivity index (χ0n) is 60.9. The Kier molecular flexibility index (Phi) is 37.2. The van der Waals surface area contributed by atoms with E-state index in [9.17, 15) is 76.7 Å². The minimum absolute atomic E-state index is 0.0110. The van der Waals surface area contributed by atoms with Crippen LogP contribution in [-0.2, 0) is 168 Å². The molecule has 4 rings (SSSR count). The molecule has 3 aliphatic heterocycles. The SMILES string of the molecule is CC(=O)OC[C@H]1O[C@H](OCCNC(=O)CCC(CCC(=O)NCCO[C@H]2O[C@H](COC(C)=O)[C@@H](OC(C)=O)[C@H](OC(C)=O)[C@@H]2OC(C)=O)(CCC(=O)NCCO[C@H]2O[C@H](COC(C)=O)[C@@H](OC(C)=O)[C@H](OC(C)=O)[C@@H]2OC(C)=O)NC(=O)[C@@H](N)Cc2ccccc2)[C@@H](OC(C)=O)[C@@H](OC(C)=O)[C@@H]1OC(C)=O. The van der Waals surface area contributed by atoms with E-state index in [4.69, 9.17) is 91.0 Å². The minimum atomic E-state index is -1.68. The number of nitrogens with one attached hydrogen (secondary N) is 4. The summed E-state index contributed by atoms with van der Waals surface area (Å²) >= 11 is 0. The molecule has 3 aliphatic rings. The second-order valence-electron chi connectivity index (χ2n) is 24.4. The quantitative estimate of drug-likeness (QED) is 0.0281. The van der Waals surface area contributed by atoms with Crippen LogP contribution in [0, 0.1) is 0 Å². The average Bonchev–Trinajstić information content (AvgIpc) is 0.800. The Labute approximate surface area is 609 Å². The van der Waals surface area contributed by atoms with Gasteiger partial charge >= 0.3 is 71.6 Å². The van der Waals surface area contributed by atoms with Gasteiger partial charge in [0.1, 0.15) is 38.1 Å². The molecule has 6 N–H and O–H groups in total. The highest BCUT2D eigenvalue weighted by Gasteiger charge is 2.56. The molecular weight excluding hydrogens is 1420 g/mol. The van der Waals surface area contributed by atoms with Crippen LogP contribution in [0.5, 0.6) is 0 Å². The number of esters is 12. The minimum Gasteiger partial charge on any atom is -0.463 e. The van der Waals surface area contributed by atoms with Crippen LogP contribution in [0.3, 0.4) is 0 Å². The van der Waals surface area contributed by atoms with E-state index in [0.717, 1.165) is 83.1 Å². The molecule has 4 amide bonds. The zero-order chi connectivity index (χ0) is 79.0. The van der Waals surface area contributed by atoms with Gasteiger partial charge in [0, 0.05) is 128 Å². The molecule has 0 bridgehead atoms. The Balaban J connectivity index is 1.67. The van der Waals surface area contributed by atoms with Gasteiger partial charge < -0.3 is 112 Å². The van der Waals surface area contributed by atoms with Crippen LogP contribution >= 0.6 is 0 Å². The molecule has 0 aliphatic carbocycles. The number of carbonyl (C=O) groups excluding carboxylic acids is 16. The second kappa shape index (κ2) is 44.4. The van der Waals surface area contributed by atoms with Crippen molar-refractivity contribution in [3.05, 3.63) is 35.9 Å². The van der Waals surface area contributed by atoms with E-state index in [1.807, 2.05) is 0 Å². The van der Waals surface area contributed by atoms with Crippen LogP contribution < -0.4 is 27.0 Å². The largest absolute Gasteiger partial charge is 0.463 e. The molecule has 3 heterocycles. The molecule has 3 fully saturated rings. The van der Waals surface area contributed by atoms with Crippen molar-refractivity contribution in [2.75, 3.05) is 59.3 Å². The van der Waals surface area contributed by atoms with E-state index < -0.39 is 258 Å². The van der Waals surface area contributed by atoms with Crippen LogP contribution in [-0.4, -0.2) is 258 Å². The van der Waals surface area contributed by atoms with E-state index in [2.05, 4.69) is 21.3 Å². The molecule has 1 aromatic rings. The maximum atomic E-state index is 14.5. The Bertz CT molecular complexity index is 2930. The fourth-order valence-electron chi connectivity index (χ4n) is 11.3. The predicted octanol–water partition coefficient (Wildman–Crippen LogP) is -1.60. The Hall–Kier alpha value is -9.54. The predicted molar refractivity (Wildman–Crippen MR) is 349 cm³/mol. The topological polar surface area (TPSA) is 513 Å². The van der Waals surface area contributed by atoms with Crippen molar-refractivity contribution in [1.82, 2.24) is 21.3 Å². The molecule has 39 nitrogen and oxygen atoms in total. The molecule has 592 valence electrons. The molecule has 3 saturated heterocycles. The zero-order valence-corrected chi connectivity index (χ0v) is 60.9. The summed E-state index contributed by atoms with van der Waals surface area (Å²) in [6, 6.07) is 7.36. The van der Waals surface area contributed by atoms with Gasteiger partial charge in [0.05, 0.1) is 25.9 Å². The number of ether oxygens (including phenoxy) is 18. The first-order valence-corrected chi connectivity index (χ1v) is 33.6. The van der Waals surface area contributed by atoms with Gasteiger partial charge in [0.15, 0.2) is 73.8 Å². The average molecular weight is 1510 g/mol. The lowest BCUT2D eigenvalue weighted by molar-refractivity contribution is -0.307. The van der Waals surface area contributed by atoms with Crippen LogP contribution in [0.2, 0.25) is 0 Å². The normalized spacial score (nSPS) is 24.2. The summed E-state index contributed by atoms with van der Waals surface area (Å²) in [6.07, 6.45) is -25.3. The molecule has 16 atom stereocenters. The number of carbonyl (C=O) groups is 16. The summed E-state index contributed by atoms with van der Waals surface area (Å²) in [7, 11) is 0. The molecule has 0 spiro atoms. The monoisotopic (exact) mass is 1510 g/mol. The number of nitrogens with two attached hydrogens (primary N) is 1. The van der Waals surface area contributed by atoms with Gasteiger partial charge in [0.2, 0.25) is 23.6 Å². The van der Waals surface area contributed by atoms with Gasteiger partial charge in [0.25, 0.3) is 0 Å². The fourth-order valence-corrected chi connectivity index (χ4v) is 11.3. The van der Waals surface area contributed by atoms with Crippen molar-refractivity contribution in [2.45, 2.75) is 232 Å². The third kappa shape index (κ3) is 31.6. The maximum Gasteiger partial charge on any atom is 0.303 e. The van der Waals surface area contributed by atoms with Crippen molar-refractivity contribution in [3.63, 3.8) is 0 Å². The van der Waals surface area contributed by atoms with Crippen molar-refractivity contribution in [1.29, 1.82) is 0 Å². The number of rotatable bonds is 40. The first-order valence-electron chi connectivity index (χ1n) is 33.6. The molecule has 0 unspecified atom stereocenters. The second-order valence-corrected chi connectivity index (χ2v) is 24.4. The standard InChI is InChI=1S/C67H95N5O34/c1-34(73)92-31-48-54(95-37(4)76)57(98-40(7)79)60(101-43(10)82)64(104-48)89-27-24-69-51(85)18-21-67(72-63(88)47(68)30-46-16-14-13-15-17-46,22-19-52(86)70-25-28-90-65-61(102-44(11)83)58(99-41(8)80)55(96-38(5)77)49(105-65)32-93-35(2)74)23-20-53(87)71-26-29-91-66-62(103-45(12)84)59(100-42(9)81)56(97-39(6)78)50(106-66)33-94-36(3)75/h13-17,47-50,54-62,64-66H,18-33,68H2,1-12H3,(H,69,85)(H,70,86)(H,71,87)(H,72,88)/t47-,48+,49+,50+,54+,55+,56+,57-,58-,59-,60-,61-,62-,64-,65-,66-/m0/s1. The van der Waals surface area contributed by atoms with E-state index in [1.165, 1.54) is 0 Å². The first-order chi connectivity index (χ1) is 50.0. The fraction of sp³-hybridized carbons (Fsp3) is 0.672. The first kappa shape index (κ1) is 88.9. The smallest absolute Gasteiger partial charge is 0.303 e. The number of amides is 4. The van der Waals surface area contributed by atoms with E-state index >= 15 is 0 Å². The molecular formula is C67H95N5O34. The molecule has 39 heteroatoms. The van der Waals surface area contributed by atoms with E-state index in [1.54, 1.807) is 30.3 Å². The van der Waals surface area contributed by atoms with Gasteiger partial charge in [-0.3, -0.25) is 76.7 Å². The van der Waals surface area contributed by atoms with Gasteiger partial charge in [-0.15, -0.1) is 0 Å². The molecule has 0 aromatic heterocycles. The molecule has 106 heavy (non-hydrogen) atoms. The highest BCUT2D eigenvalue weighted by atomic mass is 16.8. The number of hydrogen-bond donors (Lipinski definition) is 5. The van der Waals surface area contributed by atoms with Gasteiger partial charge in [-0.05, 0) is 31.2 Å². The van der Waals surface area contributed by atoms with Crippen LogP contribution in [0.1, 0.15) is 127 Å². The van der Waals surface area contributed by atoms with E-state index in [0.29, 0.717) is 5.56 Å². The summed E-state index contributed by atoms with van der Waals surface area (Å²) < 4.78 is 100. The van der Waals surface area contributed by atoms with Gasteiger partial charge in [-0.25, -0.2) is 0 Å². The Morgan fingerprint density at radius 2 is 0.623 bits per heavy atom. The molecule has 0 radical (unpaired) electrons. The van der Waals surface area contributed by atoms with Crippen molar-refractivity contribution < 1.29 is 162 Å². The van der Waals surface area contributed by atoms with Gasteiger partial charge in [-0.1, -0.05) is 30.3 Å². The van der Waals surface area contributed by atoms with Crippen LogP contribution in [0.4, 0.5) is 0 Å². The van der Waals surface area contributed by atoms with Crippen molar-refractivity contribution >= 4 is 95.3 Å². The molecule has 1 aromatic carbocycles.